The van der Waals surface area contributed by atoms with E-state index in [1.165, 1.54) is 12.6 Å². The van der Waals surface area contributed by atoms with Crippen LogP contribution >= 0.6 is 0 Å². The van der Waals surface area contributed by atoms with Crippen molar-refractivity contribution in [3.63, 3.8) is 0 Å². The molecule has 16 heavy (non-hydrogen) atoms. The molecular weight excluding hydrogens is 206 g/mol. The lowest BCUT2D eigenvalue weighted by Crippen LogP contribution is -2.13. The molecule has 1 aromatic carbocycles. The molecule has 0 atom stereocenters. The van der Waals surface area contributed by atoms with Gasteiger partial charge in [0.15, 0.2) is 0 Å². The Morgan fingerprint density at radius 3 is 2.81 bits per heavy atom. The maximum atomic E-state index is 9.26. The van der Waals surface area contributed by atoms with Crippen LogP contribution in [0.1, 0.15) is 5.56 Å². The summed E-state index contributed by atoms with van der Waals surface area (Å²) in [5.41, 5.74) is 5.16. The number of nitrogens with zero attached hydrogens (tertiary/aromatic N) is 1. The lowest BCUT2D eigenvalue weighted by Gasteiger charge is -2.00. The molecule has 1 amide bonds. The quantitative estimate of drug-likeness (QED) is 0.624. The van der Waals surface area contributed by atoms with Crippen LogP contribution in [0.5, 0.6) is 0 Å². The van der Waals surface area contributed by atoms with Gasteiger partial charge in [0.25, 0.3) is 0 Å². The van der Waals surface area contributed by atoms with Crippen molar-refractivity contribution in [1.29, 1.82) is 0 Å². The Bertz CT molecular complexity index is 413. The lowest BCUT2D eigenvalue weighted by atomic mass is 10.2. The minimum atomic E-state index is -0.995. The highest BCUT2D eigenvalue weighted by Crippen LogP contribution is 2.17. The number of hydrogen-bond donors (Lipinski definition) is 3. The molecule has 0 bridgehead atoms. The highest BCUT2D eigenvalue weighted by molar-refractivity contribution is 5.83. The van der Waals surface area contributed by atoms with Crippen molar-refractivity contribution in [2.24, 2.45) is 5.10 Å². The van der Waals surface area contributed by atoms with E-state index in [9.17, 15) is 4.79 Å². The molecule has 0 aromatic heterocycles. The van der Waals surface area contributed by atoms with E-state index in [-0.39, 0.29) is 0 Å². The van der Waals surface area contributed by atoms with Crippen LogP contribution in [0, 0.1) is 0 Å². The molecule has 0 spiro atoms. The number of para-hydroxylation sites is 1. The smallest absolute Gasteiger partial charge is 0.404 e. The van der Waals surface area contributed by atoms with Crippen LogP contribution < -0.4 is 10.7 Å². The first kappa shape index (κ1) is 11.8. The number of nitrogens with one attached hydrogen (secondary N) is 2. The van der Waals surface area contributed by atoms with Crippen molar-refractivity contribution < 1.29 is 9.90 Å². The fraction of sp³-hybridized carbons (Fsp3) is 0.0909. The summed E-state index contributed by atoms with van der Waals surface area (Å²) in [6, 6.07) is 8.05. The second-order valence-electron chi connectivity index (χ2n) is 2.89. The highest BCUT2D eigenvalue weighted by atomic mass is 16.4. The minimum absolute atomic E-state index is 0.995. The van der Waals surface area contributed by atoms with Crippen molar-refractivity contribution in [1.82, 2.24) is 5.32 Å². The predicted octanol–water partition coefficient (Wildman–Crippen LogP) is 1.99. The number of allylic oxidation sites excluding steroid dienone is 1. The first-order chi connectivity index (χ1) is 7.74. The summed E-state index contributed by atoms with van der Waals surface area (Å²) >= 11 is 0. The molecule has 1 aliphatic heterocycles. The number of hydrogen-bond acceptors (Lipinski definition) is 3. The summed E-state index contributed by atoms with van der Waals surface area (Å²) in [6.45, 7) is 0. The molecule has 0 unspecified atom stereocenters. The first-order valence-electron chi connectivity index (χ1n) is 4.69. The van der Waals surface area contributed by atoms with Gasteiger partial charge in [0.1, 0.15) is 0 Å². The van der Waals surface area contributed by atoms with Crippen molar-refractivity contribution >= 4 is 24.1 Å². The standard InChI is InChI=1S/C9H8N2.C2H5NO2/c1-2-6-9-8(4-1)5-3-7-10-11-9;1-3-2(4)5/h1-7,11H;3H,1H3,(H,4,5). The monoisotopic (exact) mass is 219 g/mol. The SMILES string of the molecule is C1=Cc2ccccc2NN=C1.CNC(=O)O. The van der Waals surface area contributed by atoms with E-state index in [1.54, 1.807) is 6.21 Å². The zero-order chi connectivity index (χ0) is 11.8. The van der Waals surface area contributed by atoms with Gasteiger partial charge in [-0.3, -0.25) is 5.43 Å². The van der Waals surface area contributed by atoms with Crippen molar-refractivity contribution in [3.8, 4) is 0 Å². The van der Waals surface area contributed by atoms with Gasteiger partial charge in [-0.1, -0.05) is 24.3 Å². The largest absolute Gasteiger partial charge is 0.465 e. The summed E-state index contributed by atoms with van der Waals surface area (Å²) in [7, 11) is 1.35. The Kier molecular flexibility index (Phi) is 4.59. The summed E-state index contributed by atoms with van der Waals surface area (Å²) in [5, 5.41) is 13.5. The van der Waals surface area contributed by atoms with E-state index in [0.29, 0.717) is 0 Å². The van der Waals surface area contributed by atoms with Gasteiger partial charge in [-0.15, -0.1) is 0 Å². The Balaban J connectivity index is 0.000000221. The molecule has 0 saturated heterocycles. The molecule has 1 aromatic rings. The zero-order valence-electron chi connectivity index (χ0n) is 8.84. The molecular formula is C11H13N3O2. The molecule has 2 rings (SSSR count). The second kappa shape index (κ2) is 6.23. The molecule has 1 heterocycles. The van der Waals surface area contributed by atoms with Crippen LogP contribution in [-0.4, -0.2) is 24.5 Å². The van der Waals surface area contributed by atoms with Crippen LogP contribution in [0.3, 0.4) is 0 Å². The molecule has 0 aliphatic carbocycles. The maximum Gasteiger partial charge on any atom is 0.404 e. The average Bonchev–Trinajstić information content (AvgIpc) is 2.54. The van der Waals surface area contributed by atoms with E-state index < -0.39 is 6.09 Å². The topological polar surface area (TPSA) is 73.7 Å². The second-order valence-corrected chi connectivity index (χ2v) is 2.89. The van der Waals surface area contributed by atoms with Gasteiger partial charge in [0.2, 0.25) is 0 Å². The Morgan fingerprint density at radius 1 is 1.44 bits per heavy atom. The molecule has 0 fully saturated rings. The molecule has 3 N–H and O–H groups in total. The number of carbonyl (C=O) groups is 1. The van der Waals surface area contributed by atoms with Gasteiger partial charge in [0.05, 0.1) is 5.69 Å². The maximum absolute atomic E-state index is 9.26. The number of carboxylic acid groups (broad SMARTS) is 1. The number of fused-ring (bicyclic) bond motifs is 1. The van der Waals surface area contributed by atoms with Gasteiger partial charge >= 0.3 is 6.09 Å². The summed E-state index contributed by atoms with van der Waals surface area (Å²) < 4.78 is 0. The van der Waals surface area contributed by atoms with Crippen LogP contribution in [0.25, 0.3) is 6.08 Å². The molecule has 5 nitrogen and oxygen atoms in total. The molecule has 0 saturated carbocycles. The first-order valence-corrected chi connectivity index (χ1v) is 4.69. The van der Waals surface area contributed by atoms with Gasteiger partial charge in [-0.2, -0.15) is 5.10 Å². The van der Waals surface area contributed by atoms with Gasteiger partial charge < -0.3 is 10.4 Å². The lowest BCUT2D eigenvalue weighted by molar-refractivity contribution is 0.197. The molecule has 5 heteroatoms. The number of benzene rings is 1. The van der Waals surface area contributed by atoms with E-state index >= 15 is 0 Å². The van der Waals surface area contributed by atoms with Crippen molar-refractivity contribution in [2.45, 2.75) is 0 Å². The fourth-order valence-corrected chi connectivity index (χ4v) is 1.04. The zero-order valence-corrected chi connectivity index (χ0v) is 8.84. The van der Waals surface area contributed by atoms with Gasteiger partial charge in [0, 0.05) is 13.3 Å². The minimum Gasteiger partial charge on any atom is -0.465 e. The third kappa shape index (κ3) is 3.83. The average molecular weight is 219 g/mol. The van der Waals surface area contributed by atoms with E-state index in [2.05, 4.69) is 10.5 Å². The Labute approximate surface area is 93.5 Å². The molecule has 0 radical (unpaired) electrons. The number of hydrazone groups is 1. The fourth-order valence-electron chi connectivity index (χ4n) is 1.04. The predicted molar refractivity (Wildman–Crippen MR) is 64.7 cm³/mol. The van der Waals surface area contributed by atoms with Crippen LogP contribution in [0.15, 0.2) is 35.4 Å². The third-order valence-electron chi connectivity index (χ3n) is 1.80. The Hall–Kier alpha value is -2.30. The van der Waals surface area contributed by atoms with E-state index in [1.807, 2.05) is 41.7 Å². The Morgan fingerprint density at radius 2 is 2.12 bits per heavy atom. The van der Waals surface area contributed by atoms with Gasteiger partial charge in [-0.05, 0) is 17.7 Å². The van der Waals surface area contributed by atoms with Crippen molar-refractivity contribution in [2.75, 3.05) is 12.5 Å². The van der Waals surface area contributed by atoms with E-state index in [0.717, 1.165) is 5.69 Å². The third-order valence-corrected chi connectivity index (χ3v) is 1.80. The van der Waals surface area contributed by atoms with Crippen molar-refractivity contribution in [3.05, 3.63) is 35.9 Å². The van der Waals surface area contributed by atoms with Crippen LogP contribution in [0.4, 0.5) is 10.5 Å². The van der Waals surface area contributed by atoms with Crippen LogP contribution in [0.2, 0.25) is 0 Å². The number of anilines is 1. The van der Waals surface area contributed by atoms with Crippen LogP contribution in [-0.2, 0) is 0 Å². The summed E-state index contributed by atoms with van der Waals surface area (Å²) in [6.07, 6.45) is 4.68. The normalized spacial score (nSPS) is 11.3. The van der Waals surface area contributed by atoms with Gasteiger partial charge in [-0.25, -0.2) is 4.79 Å². The number of amides is 1. The molecule has 1 aliphatic rings. The highest BCUT2D eigenvalue weighted by Gasteiger charge is 1.96. The number of rotatable bonds is 0. The molecule has 84 valence electrons. The summed E-state index contributed by atoms with van der Waals surface area (Å²) in [4.78, 5) is 9.26. The van der Waals surface area contributed by atoms with E-state index in [4.69, 9.17) is 5.11 Å². The summed E-state index contributed by atoms with van der Waals surface area (Å²) in [5.74, 6) is 0.